The normalized spacial score (nSPS) is 15.4. The van der Waals surface area contributed by atoms with Crippen molar-refractivity contribution in [2.75, 3.05) is 13.1 Å². The van der Waals surface area contributed by atoms with Gasteiger partial charge in [0.25, 0.3) is 5.91 Å². The summed E-state index contributed by atoms with van der Waals surface area (Å²) < 4.78 is 81.5. The molecule has 0 N–H and O–H groups in total. The molecule has 1 fully saturated rings. The second-order valence-corrected chi connectivity index (χ2v) is 5.88. The van der Waals surface area contributed by atoms with Crippen LogP contribution in [0, 0.1) is 0 Å². The van der Waals surface area contributed by atoms with Crippen LogP contribution < -0.4 is 4.74 Å². The van der Waals surface area contributed by atoms with E-state index in [0.29, 0.717) is 0 Å². The minimum Gasteiger partial charge on any atom is -0.470 e. The number of halogens is 6. The lowest BCUT2D eigenvalue weighted by Gasteiger charge is -2.39. The lowest BCUT2D eigenvalue weighted by Crippen LogP contribution is -2.56. The average Bonchev–Trinajstić information content (AvgIpc) is 2.56. The largest absolute Gasteiger partial charge is 0.470 e. The first kappa shape index (κ1) is 19.0. The number of carbonyl (C=O) groups excluding carboxylic acids is 1. The average molecular weight is 390 g/mol. The Labute approximate surface area is 149 Å². The molecule has 3 rings (SSSR count). The quantitative estimate of drug-likeness (QED) is 0.744. The van der Waals surface area contributed by atoms with Gasteiger partial charge in [0.05, 0.1) is 18.7 Å². The molecule has 10 heteroatoms. The number of hydrogen-bond acceptors (Lipinski definition) is 3. The maximum Gasteiger partial charge on any atom is 0.421 e. The second kappa shape index (κ2) is 6.75. The van der Waals surface area contributed by atoms with Crippen molar-refractivity contribution in [1.82, 2.24) is 9.88 Å². The van der Waals surface area contributed by atoms with E-state index in [1.807, 2.05) is 0 Å². The highest BCUT2D eigenvalue weighted by Gasteiger charge is 2.38. The molecule has 0 bridgehead atoms. The molecule has 0 saturated carbocycles. The standard InChI is InChI=1S/C17H12F6N2O2/c18-16(19,20)11-5-3-10(4-6-11)15(26)25-8-12(9-25)27-14-13(17(21,22)23)2-1-7-24-14/h1-7,12H,8-9H2. The van der Waals surface area contributed by atoms with Gasteiger partial charge in [-0.05, 0) is 36.4 Å². The molecule has 0 unspecified atom stereocenters. The number of pyridine rings is 1. The smallest absolute Gasteiger partial charge is 0.421 e. The number of likely N-dealkylation sites (tertiary alicyclic amines) is 1. The molecule has 1 aromatic carbocycles. The van der Waals surface area contributed by atoms with Crippen molar-refractivity contribution < 1.29 is 35.9 Å². The van der Waals surface area contributed by atoms with E-state index in [0.717, 1.165) is 42.6 Å². The van der Waals surface area contributed by atoms with Crippen LogP contribution in [-0.2, 0) is 12.4 Å². The fraction of sp³-hybridized carbons (Fsp3) is 0.294. The van der Waals surface area contributed by atoms with E-state index < -0.39 is 41.4 Å². The first-order chi connectivity index (χ1) is 12.6. The number of aromatic nitrogens is 1. The topological polar surface area (TPSA) is 42.4 Å². The Bertz CT molecular complexity index is 827. The number of nitrogens with zero attached hydrogens (tertiary/aromatic N) is 2. The summed E-state index contributed by atoms with van der Waals surface area (Å²) in [6.45, 7) is 0.0153. The molecule has 0 atom stereocenters. The Hall–Kier alpha value is -2.78. The van der Waals surface area contributed by atoms with Gasteiger partial charge in [-0.25, -0.2) is 4.98 Å². The summed E-state index contributed by atoms with van der Waals surface area (Å²) in [6.07, 6.45) is -8.65. The van der Waals surface area contributed by atoms with Gasteiger partial charge < -0.3 is 9.64 Å². The number of alkyl halides is 6. The third-order valence-corrected chi connectivity index (χ3v) is 3.95. The Morgan fingerprint density at radius 1 is 1.00 bits per heavy atom. The highest BCUT2D eigenvalue weighted by molar-refractivity contribution is 5.94. The Morgan fingerprint density at radius 3 is 2.19 bits per heavy atom. The van der Waals surface area contributed by atoms with Gasteiger partial charge >= 0.3 is 12.4 Å². The molecule has 0 radical (unpaired) electrons. The molecule has 1 aliphatic rings. The van der Waals surface area contributed by atoms with Crippen LogP contribution in [0.5, 0.6) is 5.88 Å². The molecule has 4 nitrogen and oxygen atoms in total. The van der Waals surface area contributed by atoms with E-state index in [1.165, 1.54) is 4.90 Å². The van der Waals surface area contributed by atoms with Gasteiger partial charge in [0.15, 0.2) is 0 Å². The molecule has 0 aliphatic carbocycles. The number of ether oxygens (including phenoxy) is 1. The number of carbonyl (C=O) groups is 1. The van der Waals surface area contributed by atoms with Crippen LogP contribution in [0.15, 0.2) is 42.6 Å². The number of benzene rings is 1. The molecular weight excluding hydrogens is 378 g/mol. The van der Waals surface area contributed by atoms with E-state index >= 15 is 0 Å². The minimum absolute atomic E-state index is 0.00767. The first-order valence-corrected chi connectivity index (χ1v) is 7.71. The van der Waals surface area contributed by atoms with Crippen molar-refractivity contribution in [3.8, 4) is 5.88 Å². The van der Waals surface area contributed by atoms with Gasteiger partial charge in [0.1, 0.15) is 11.7 Å². The predicted molar refractivity (Wildman–Crippen MR) is 81.0 cm³/mol. The van der Waals surface area contributed by atoms with E-state index in [4.69, 9.17) is 4.74 Å². The summed E-state index contributed by atoms with van der Waals surface area (Å²) in [5, 5.41) is 0. The van der Waals surface area contributed by atoms with E-state index in [-0.39, 0.29) is 18.7 Å². The van der Waals surface area contributed by atoms with Gasteiger partial charge in [-0.1, -0.05) is 0 Å². The summed E-state index contributed by atoms with van der Waals surface area (Å²) in [6, 6.07) is 5.68. The number of rotatable bonds is 3. The van der Waals surface area contributed by atoms with Crippen molar-refractivity contribution in [2.24, 2.45) is 0 Å². The molecule has 27 heavy (non-hydrogen) atoms. The maximum atomic E-state index is 12.9. The van der Waals surface area contributed by atoms with Crippen LogP contribution in [-0.4, -0.2) is 35.0 Å². The number of hydrogen-bond donors (Lipinski definition) is 0. The lowest BCUT2D eigenvalue weighted by molar-refractivity contribution is -0.140. The zero-order valence-corrected chi connectivity index (χ0v) is 13.5. The lowest BCUT2D eigenvalue weighted by atomic mass is 10.1. The molecule has 0 spiro atoms. The van der Waals surface area contributed by atoms with Gasteiger partial charge in [-0.3, -0.25) is 4.79 Å². The predicted octanol–water partition coefficient (Wildman–Crippen LogP) is 4.02. The molecule has 2 aromatic rings. The first-order valence-electron chi connectivity index (χ1n) is 7.71. The highest BCUT2D eigenvalue weighted by atomic mass is 19.4. The van der Waals surface area contributed by atoms with Crippen molar-refractivity contribution in [1.29, 1.82) is 0 Å². The summed E-state index contributed by atoms with van der Waals surface area (Å²) in [5.41, 5.74) is -1.84. The fourth-order valence-electron chi connectivity index (χ4n) is 2.52. The van der Waals surface area contributed by atoms with Crippen LogP contribution in [0.4, 0.5) is 26.3 Å². The van der Waals surface area contributed by atoms with E-state index in [1.54, 1.807) is 0 Å². The van der Waals surface area contributed by atoms with Crippen molar-refractivity contribution in [2.45, 2.75) is 18.5 Å². The van der Waals surface area contributed by atoms with Gasteiger partial charge in [-0.15, -0.1) is 0 Å². The molecular formula is C17H12F6N2O2. The zero-order chi connectivity index (χ0) is 19.8. The van der Waals surface area contributed by atoms with Crippen molar-refractivity contribution in [3.05, 3.63) is 59.3 Å². The van der Waals surface area contributed by atoms with E-state index in [2.05, 4.69) is 4.98 Å². The monoisotopic (exact) mass is 390 g/mol. The molecule has 1 saturated heterocycles. The molecule has 144 valence electrons. The van der Waals surface area contributed by atoms with Crippen LogP contribution >= 0.6 is 0 Å². The highest BCUT2D eigenvalue weighted by Crippen LogP contribution is 2.35. The molecule has 1 aromatic heterocycles. The Kier molecular flexibility index (Phi) is 4.75. The molecule has 2 heterocycles. The van der Waals surface area contributed by atoms with Gasteiger partial charge in [0.2, 0.25) is 5.88 Å². The third-order valence-electron chi connectivity index (χ3n) is 3.95. The third kappa shape index (κ3) is 4.15. The van der Waals surface area contributed by atoms with Gasteiger partial charge in [-0.2, -0.15) is 26.3 Å². The SMILES string of the molecule is O=C(c1ccc(C(F)(F)F)cc1)N1CC(Oc2ncccc2C(F)(F)F)C1. The molecule has 1 amide bonds. The van der Waals surface area contributed by atoms with E-state index in [9.17, 15) is 31.1 Å². The Morgan fingerprint density at radius 2 is 1.63 bits per heavy atom. The maximum absolute atomic E-state index is 12.9. The zero-order valence-electron chi connectivity index (χ0n) is 13.5. The summed E-state index contributed by atoms with van der Waals surface area (Å²) in [7, 11) is 0. The van der Waals surface area contributed by atoms with Crippen LogP contribution in [0.3, 0.4) is 0 Å². The Balaban J connectivity index is 1.61. The summed E-state index contributed by atoms with van der Waals surface area (Å²) in [4.78, 5) is 17.0. The summed E-state index contributed by atoms with van der Waals surface area (Å²) >= 11 is 0. The minimum atomic E-state index is -4.62. The second-order valence-electron chi connectivity index (χ2n) is 5.88. The molecule has 1 aliphatic heterocycles. The van der Waals surface area contributed by atoms with Gasteiger partial charge in [0, 0.05) is 11.8 Å². The van der Waals surface area contributed by atoms with Crippen LogP contribution in [0.1, 0.15) is 21.5 Å². The number of amides is 1. The fourth-order valence-corrected chi connectivity index (χ4v) is 2.52. The van der Waals surface area contributed by atoms with Crippen LogP contribution in [0.25, 0.3) is 0 Å². The van der Waals surface area contributed by atoms with Crippen molar-refractivity contribution in [3.63, 3.8) is 0 Å². The van der Waals surface area contributed by atoms with Crippen LogP contribution in [0.2, 0.25) is 0 Å². The van der Waals surface area contributed by atoms with Crippen molar-refractivity contribution >= 4 is 5.91 Å². The summed E-state index contributed by atoms with van der Waals surface area (Å²) in [5.74, 6) is -1.10.